The van der Waals surface area contributed by atoms with Gasteiger partial charge in [0, 0.05) is 0 Å². The molecule has 1 unspecified atom stereocenters. The molecule has 0 aromatic heterocycles. The summed E-state index contributed by atoms with van der Waals surface area (Å²) in [6, 6.07) is 6.46. The van der Waals surface area contributed by atoms with Crippen LogP contribution in [0, 0.1) is 10.8 Å². The smallest absolute Gasteiger partial charge is 0.215 e. The summed E-state index contributed by atoms with van der Waals surface area (Å²) in [6.45, 7) is 13.0. The molecule has 0 heterocycles. The van der Waals surface area contributed by atoms with Gasteiger partial charge in [-0.2, -0.15) is 0 Å². The van der Waals surface area contributed by atoms with E-state index >= 15 is 0 Å². The third-order valence-electron chi connectivity index (χ3n) is 3.65. The minimum absolute atomic E-state index is 0.0320. The van der Waals surface area contributed by atoms with E-state index in [2.05, 4.69) is 41.5 Å². The molecule has 0 aliphatic carbocycles. The third-order valence-corrected chi connectivity index (χ3v) is 6.10. The second-order valence-electron chi connectivity index (χ2n) is 8.10. The Balaban J connectivity index is 3.19. The molecule has 1 N–H and O–H groups in total. The summed E-state index contributed by atoms with van der Waals surface area (Å²) in [6.07, 6.45) is 0.966. The largest absolute Gasteiger partial charge is 0.253 e. The molecule has 0 spiro atoms. The fraction of sp³-hybridized carbons (Fsp3) is 0.625. The molecule has 5 nitrogen and oxygen atoms in total. The minimum atomic E-state index is -4.02. The van der Waals surface area contributed by atoms with E-state index in [9.17, 15) is 16.8 Å². The zero-order chi connectivity index (χ0) is 18.1. The van der Waals surface area contributed by atoms with Gasteiger partial charge in [0.25, 0.3) is 10.0 Å². The van der Waals surface area contributed by atoms with E-state index in [0.717, 1.165) is 12.0 Å². The van der Waals surface area contributed by atoms with Crippen LogP contribution in [0.5, 0.6) is 0 Å². The normalized spacial score (nSPS) is 14.9. The van der Waals surface area contributed by atoms with Gasteiger partial charge in [-0.3, -0.25) is 0 Å². The van der Waals surface area contributed by atoms with Crippen molar-refractivity contribution in [1.29, 1.82) is 0 Å². The van der Waals surface area contributed by atoms with Crippen LogP contribution in [0.2, 0.25) is 0 Å². The summed E-state index contributed by atoms with van der Waals surface area (Å²) < 4.78 is 46.5. The van der Waals surface area contributed by atoms with Gasteiger partial charge in [0.15, 0.2) is 0 Å². The van der Waals surface area contributed by atoms with Gasteiger partial charge in [-0.05, 0) is 40.9 Å². The molecule has 1 aromatic rings. The van der Waals surface area contributed by atoms with Gasteiger partial charge in [0.2, 0.25) is 10.9 Å². The van der Waals surface area contributed by atoms with Crippen LogP contribution >= 0.6 is 0 Å². The Morgan fingerprint density at radius 3 is 1.83 bits per heavy atom. The lowest BCUT2D eigenvalue weighted by Gasteiger charge is -2.36. The molecule has 23 heavy (non-hydrogen) atoms. The van der Waals surface area contributed by atoms with Crippen molar-refractivity contribution in [2.45, 2.75) is 58.8 Å². The van der Waals surface area contributed by atoms with Crippen molar-refractivity contribution in [3.63, 3.8) is 0 Å². The first kappa shape index (κ1) is 20.1. The first-order valence-electron chi connectivity index (χ1n) is 7.49. The van der Waals surface area contributed by atoms with Gasteiger partial charge in [-0.15, -0.1) is 4.13 Å². The fourth-order valence-electron chi connectivity index (χ4n) is 2.57. The van der Waals surface area contributed by atoms with E-state index in [1.807, 2.05) is 0 Å². The van der Waals surface area contributed by atoms with Crippen LogP contribution in [0.1, 0.15) is 59.4 Å². The van der Waals surface area contributed by atoms with Crippen LogP contribution in [0.25, 0.3) is 0 Å². The molecule has 7 heteroatoms. The van der Waals surface area contributed by atoms with E-state index in [4.69, 9.17) is 0 Å². The molecular weight excluding hydrogens is 334 g/mol. The highest BCUT2D eigenvalue weighted by molar-refractivity contribution is 7.98. The minimum Gasteiger partial charge on any atom is -0.215 e. The van der Waals surface area contributed by atoms with Gasteiger partial charge in [-0.25, -0.2) is 16.8 Å². The van der Waals surface area contributed by atoms with E-state index in [-0.39, 0.29) is 21.6 Å². The maximum absolute atomic E-state index is 11.9. The number of nitrogens with one attached hydrogen (secondary N) is 1. The maximum atomic E-state index is 11.9. The molecule has 0 aliphatic rings. The van der Waals surface area contributed by atoms with Gasteiger partial charge < -0.3 is 0 Å². The molecule has 1 atom stereocenters. The predicted molar refractivity (Wildman–Crippen MR) is 93.3 cm³/mol. The Kier molecular flexibility index (Phi) is 6.04. The molecule has 1 aromatic carbocycles. The summed E-state index contributed by atoms with van der Waals surface area (Å²) in [5.74, 6) is 0.267. The van der Waals surface area contributed by atoms with E-state index in [1.165, 1.54) is 12.1 Å². The van der Waals surface area contributed by atoms with Gasteiger partial charge in [0.1, 0.15) is 0 Å². The summed E-state index contributed by atoms with van der Waals surface area (Å²) in [4.78, 5) is -0.0520. The molecule has 0 aliphatic heterocycles. The fourth-order valence-corrected chi connectivity index (χ4v) is 4.27. The number of hydrogen-bond acceptors (Lipinski definition) is 4. The molecule has 0 bridgehead atoms. The second kappa shape index (κ2) is 6.91. The Morgan fingerprint density at radius 1 is 1.00 bits per heavy atom. The summed E-state index contributed by atoms with van der Waals surface area (Å²) in [5.41, 5.74) is 1.23. The Hall–Kier alpha value is -0.920. The van der Waals surface area contributed by atoms with Crippen molar-refractivity contribution >= 4 is 20.9 Å². The Labute approximate surface area is 141 Å². The highest BCUT2D eigenvalue weighted by Crippen LogP contribution is 2.43. The third kappa shape index (κ3) is 6.24. The number of hydrogen-bond donors (Lipinski definition) is 2. The highest BCUT2D eigenvalue weighted by Gasteiger charge is 2.30. The first-order chi connectivity index (χ1) is 10.2. The number of thiol groups is 1. The molecular formula is C16H27NO4S2. The molecule has 0 saturated carbocycles. The second-order valence-corrected chi connectivity index (χ2v) is 10.8. The van der Waals surface area contributed by atoms with Crippen LogP contribution in [0.15, 0.2) is 29.2 Å². The average molecular weight is 362 g/mol. The van der Waals surface area contributed by atoms with E-state index < -0.39 is 20.9 Å². The van der Waals surface area contributed by atoms with E-state index in [1.54, 1.807) is 16.3 Å². The van der Waals surface area contributed by atoms with Crippen molar-refractivity contribution < 1.29 is 16.8 Å². The highest BCUT2D eigenvalue weighted by atomic mass is 32.3. The van der Waals surface area contributed by atoms with Crippen LogP contribution < -0.4 is 4.13 Å². The SMILES string of the molecule is CC(C)(C)CC(c1ccc(S(=O)(=O)N[SH](=O)=O)cc1)C(C)(C)C. The van der Waals surface area contributed by atoms with Gasteiger partial charge in [-0.1, -0.05) is 53.7 Å². The lowest BCUT2D eigenvalue weighted by atomic mass is 9.69. The monoisotopic (exact) mass is 361 g/mol. The first-order valence-corrected chi connectivity index (χ1v) is 10.2. The lowest BCUT2D eigenvalue weighted by molar-refractivity contribution is 0.229. The molecule has 0 amide bonds. The quantitative estimate of drug-likeness (QED) is 0.790. The topological polar surface area (TPSA) is 80.3 Å². The summed E-state index contributed by atoms with van der Waals surface area (Å²) in [5, 5.41) is 0. The molecule has 132 valence electrons. The van der Waals surface area contributed by atoms with Crippen molar-refractivity contribution in [2.75, 3.05) is 0 Å². The predicted octanol–water partition coefficient (Wildman–Crippen LogP) is 3.06. The zero-order valence-electron chi connectivity index (χ0n) is 14.6. The number of sulfonamides is 1. The molecule has 0 fully saturated rings. The van der Waals surface area contributed by atoms with Gasteiger partial charge >= 0.3 is 0 Å². The number of rotatable bonds is 5. The van der Waals surface area contributed by atoms with Gasteiger partial charge in [0.05, 0.1) is 4.90 Å². The van der Waals surface area contributed by atoms with Crippen LogP contribution in [0.4, 0.5) is 0 Å². The zero-order valence-corrected chi connectivity index (χ0v) is 16.3. The summed E-state index contributed by atoms with van der Waals surface area (Å²) >= 11 is 0. The Bertz CT molecular complexity index is 698. The maximum Gasteiger partial charge on any atom is 0.253 e. The van der Waals surface area contributed by atoms with Crippen molar-refractivity contribution in [1.82, 2.24) is 4.13 Å². The summed E-state index contributed by atoms with van der Waals surface area (Å²) in [7, 11) is -7.23. The van der Waals surface area contributed by atoms with Crippen LogP contribution in [-0.4, -0.2) is 16.8 Å². The molecule has 1 rings (SSSR count). The standard InChI is InChI=1S/C16H27NO4S2/c1-15(2,3)11-14(16(4,5)6)12-7-9-13(10-8-12)23(20,21)17-22(18)19/h7-10,14,22H,11H2,1-6H3,(H,17,18,19). The van der Waals surface area contributed by atoms with Crippen LogP contribution in [0.3, 0.4) is 0 Å². The lowest BCUT2D eigenvalue weighted by Crippen LogP contribution is -2.24. The van der Waals surface area contributed by atoms with Crippen molar-refractivity contribution in [3.05, 3.63) is 29.8 Å². The average Bonchev–Trinajstić information content (AvgIpc) is 2.32. The van der Waals surface area contributed by atoms with Crippen LogP contribution in [-0.2, 0) is 20.9 Å². The van der Waals surface area contributed by atoms with Crippen molar-refractivity contribution in [2.24, 2.45) is 10.8 Å². The molecule has 0 radical (unpaired) electrons. The number of benzene rings is 1. The Morgan fingerprint density at radius 2 is 1.48 bits per heavy atom. The van der Waals surface area contributed by atoms with Crippen molar-refractivity contribution in [3.8, 4) is 0 Å². The van der Waals surface area contributed by atoms with E-state index in [0.29, 0.717) is 0 Å². The molecule has 0 saturated heterocycles.